The lowest BCUT2D eigenvalue weighted by molar-refractivity contribution is -0.111. The fraction of sp³-hybridized carbons (Fsp3) is 0.0625. The van der Waals surface area contributed by atoms with Crippen LogP contribution >= 0.6 is 0 Å². The van der Waals surface area contributed by atoms with Crippen LogP contribution in [0, 0.1) is 0 Å². The molecule has 6 rings (SSSR count). The molecule has 0 saturated carbocycles. The lowest BCUT2D eigenvalue weighted by Crippen LogP contribution is -2.08. The fourth-order valence-electron chi connectivity index (χ4n) is 4.81. The molecular formula is C32H24N2O3. The molecule has 0 aliphatic heterocycles. The number of carbonyl (C=O) groups is 1. The molecule has 5 heteroatoms. The number of hydrogen-bond donors (Lipinski definition) is 1. The molecule has 2 heterocycles. The van der Waals surface area contributed by atoms with E-state index in [1.54, 1.807) is 25.6 Å². The molecule has 0 atom stereocenters. The summed E-state index contributed by atoms with van der Waals surface area (Å²) in [7, 11) is 1.62. The van der Waals surface area contributed by atoms with Gasteiger partial charge in [0.2, 0.25) is 5.91 Å². The number of pyridine rings is 1. The predicted molar refractivity (Wildman–Crippen MR) is 150 cm³/mol. The number of allylic oxidation sites excluding steroid dienone is 1. The predicted octanol–water partition coefficient (Wildman–Crippen LogP) is 7.85. The minimum absolute atomic E-state index is 0.218. The van der Waals surface area contributed by atoms with Gasteiger partial charge in [0.1, 0.15) is 11.3 Å². The number of fused-ring (bicyclic) bond motifs is 3. The van der Waals surface area contributed by atoms with Gasteiger partial charge >= 0.3 is 0 Å². The van der Waals surface area contributed by atoms with Gasteiger partial charge in [-0.05, 0) is 59.2 Å². The first kappa shape index (κ1) is 22.6. The van der Waals surface area contributed by atoms with E-state index in [1.165, 1.54) is 5.39 Å². The van der Waals surface area contributed by atoms with Gasteiger partial charge < -0.3 is 14.5 Å². The van der Waals surface area contributed by atoms with Crippen LogP contribution in [0.5, 0.6) is 5.75 Å². The number of hydrogen-bond acceptors (Lipinski definition) is 4. The Kier molecular flexibility index (Phi) is 5.66. The zero-order chi connectivity index (χ0) is 25.4. The highest BCUT2D eigenvalue weighted by Gasteiger charge is 2.16. The van der Waals surface area contributed by atoms with Gasteiger partial charge in [0.15, 0.2) is 0 Å². The van der Waals surface area contributed by atoms with E-state index in [2.05, 4.69) is 40.6 Å². The third kappa shape index (κ3) is 4.21. The number of methoxy groups -OCH3 is 1. The maximum atomic E-state index is 12.9. The van der Waals surface area contributed by atoms with Gasteiger partial charge in [0.25, 0.3) is 0 Å². The Labute approximate surface area is 214 Å². The number of nitrogens with one attached hydrogen (secondary N) is 1. The second kappa shape index (κ2) is 9.28. The maximum absolute atomic E-state index is 12.9. The minimum Gasteiger partial charge on any atom is -0.496 e. The van der Waals surface area contributed by atoms with Crippen LogP contribution < -0.4 is 10.1 Å². The van der Waals surface area contributed by atoms with Crippen molar-refractivity contribution in [3.05, 3.63) is 109 Å². The third-order valence-corrected chi connectivity index (χ3v) is 6.62. The number of amides is 1. The van der Waals surface area contributed by atoms with E-state index in [1.807, 2.05) is 61.5 Å². The zero-order valence-corrected chi connectivity index (χ0v) is 20.5. The number of aromatic nitrogens is 1. The number of carbonyl (C=O) groups excluding carboxylic acids is 1. The summed E-state index contributed by atoms with van der Waals surface area (Å²) >= 11 is 0. The van der Waals surface area contributed by atoms with Crippen molar-refractivity contribution < 1.29 is 13.9 Å². The van der Waals surface area contributed by atoms with Crippen molar-refractivity contribution >= 4 is 49.8 Å². The maximum Gasteiger partial charge on any atom is 0.248 e. The Morgan fingerprint density at radius 2 is 1.73 bits per heavy atom. The number of benzene rings is 4. The monoisotopic (exact) mass is 484 g/mol. The summed E-state index contributed by atoms with van der Waals surface area (Å²) < 4.78 is 11.6. The third-order valence-electron chi connectivity index (χ3n) is 6.62. The number of anilines is 1. The van der Waals surface area contributed by atoms with E-state index in [0.29, 0.717) is 11.4 Å². The van der Waals surface area contributed by atoms with Crippen LogP contribution in [0.2, 0.25) is 0 Å². The summed E-state index contributed by atoms with van der Waals surface area (Å²) in [6.45, 7) is 1.91. The average molecular weight is 485 g/mol. The van der Waals surface area contributed by atoms with E-state index in [4.69, 9.17) is 9.15 Å². The standard InChI is InChI=1S/C32H24N2O3/c1-20(15-32(35)34-23-12-13-29-22(16-23)9-6-14-33-29)26-17-27-28(19-37-31(27)18-30(26)36-2)25-11-5-8-21-7-3-4-10-24(21)25/h3-19H,1-2H3,(H,34,35)/b20-15+. The Hall–Kier alpha value is -4.90. The molecule has 0 bridgehead atoms. The Balaban J connectivity index is 1.38. The molecule has 0 unspecified atom stereocenters. The highest BCUT2D eigenvalue weighted by atomic mass is 16.5. The summed E-state index contributed by atoms with van der Waals surface area (Å²) in [5.41, 5.74) is 6.03. The fourth-order valence-corrected chi connectivity index (χ4v) is 4.81. The van der Waals surface area contributed by atoms with E-state index in [0.717, 1.165) is 49.5 Å². The normalized spacial score (nSPS) is 11.8. The first-order chi connectivity index (χ1) is 18.1. The number of furan rings is 1. The highest BCUT2D eigenvalue weighted by Crippen LogP contribution is 2.39. The Morgan fingerprint density at radius 3 is 2.62 bits per heavy atom. The molecule has 5 nitrogen and oxygen atoms in total. The van der Waals surface area contributed by atoms with E-state index < -0.39 is 0 Å². The van der Waals surface area contributed by atoms with Crippen molar-refractivity contribution in [2.75, 3.05) is 12.4 Å². The van der Waals surface area contributed by atoms with Gasteiger partial charge in [-0.15, -0.1) is 0 Å². The Bertz CT molecular complexity index is 1830. The molecule has 180 valence electrons. The van der Waals surface area contributed by atoms with Gasteiger partial charge in [-0.1, -0.05) is 48.5 Å². The van der Waals surface area contributed by atoms with Crippen molar-refractivity contribution in [1.82, 2.24) is 4.98 Å². The molecule has 0 radical (unpaired) electrons. The van der Waals surface area contributed by atoms with Crippen molar-refractivity contribution in [2.24, 2.45) is 0 Å². The van der Waals surface area contributed by atoms with Crippen LogP contribution in [0.1, 0.15) is 12.5 Å². The first-order valence-electron chi connectivity index (χ1n) is 12.0. The molecule has 6 aromatic rings. The van der Waals surface area contributed by atoms with E-state index in [-0.39, 0.29) is 5.91 Å². The minimum atomic E-state index is -0.218. The average Bonchev–Trinajstić information content (AvgIpc) is 3.34. The molecule has 0 spiro atoms. The smallest absolute Gasteiger partial charge is 0.248 e. The van der Waals surface area contributed by atoms with Crippen LogP contribution in [0.3, 0.4) is 0 Å². The topological polar surface area (TPSA) is 64.4 Å². The van der Waals surface area contributed by atoms with Crippen LogP contribution in [0.4, 0.5) is 5.69 Å². The second-order valence-corrected chi connectivity index (χ2v) is 8.95. The molecule has 1 N–H and O–H groups in total. The molecule has 2 aromatic heterocycles. The molecule has 0 saturated heterocycles. The number of ether oxygens (including phenoxy) is 1. The second-order valence-electron chi connectivity index (χ2n) is 8.95. The summed E-state index contributed by atoms with van der Waals surface area (Å²) in [5, 5.41) is 7.21. The summed E-state index contributed by atoms with van der Waals surface area (Å²) in [6.07, 6.45) is 5.13. The molecule has 0 aliphatic rings. The molecule has 1 amide bonds. The molecular weight excluding hydrogens is 460 g/mol. The van der Waals surface area contributed by atoms with Crippen LogP contribution in [-0.4, -0.2) is 18.0 Å². The van der Waals surface area contributed by atoms with E-state index >= 15 is 0 Å². The summed E-state index contributed by atoms with van der Waals surface area (Å²) in [5.74, 6) is 0.425. The SMILES string of the molecule is COc1cc2occ(-c3cccc4ccccc34)c2cc1/C(C)=C/C(=O)Nc1ccc2ncccc2c1. The van der Waals surface area contributed by atoms with Gasteiger partial charge in [-0.25, -0.2) is 0 Å². The largest absolute Gasteiger partial charge is 0.496 e. The molecule has 0 fully saturated rings. The van der Waals surface area contributed by atoms with Gasteiger partial charge in [0, 0.05) is 45.9 Å². The molecule has 0 aliphatic carbocycles. The quantitative estimate of drug-likeness (QED) is 0.253. The van der Waals surface area contributed by atoms with Crippen molar-refractivity contribution in [2.45, 2.75) is 6.92 Å². The summed E-state index contributed by atoms with van der Waals surface area (Å²) in [4.78, 5) is 17.2. The first-order valence-corrected chi connectivity index (χ1v) is 12.0. The lowest BCUT2D eigenvalue weighted by atomic mass is 9.96. The molecule has 37 heavy (non-hydrogen) atoms. The molecule has 4 aromatic carbocycles. The lowest BCUT2D eigenvalue weighted by Gasteiger charge is -2.11. The van der Waals surface area contributed by atoms with Gasteiger partial charge in [-0.3, -0.25) is 9.78 Å². The Morgan fingerprint density at radius 1 is 0.892 bits per heavy atom. The number of nitrogens with zero attached hydrogens (tertiary/aromatic N) is 1. The van der Waals surface area contributed by atoms with Crippen LogP contribution in [0.25, 0.3) is 49.3 Å². The zero-order valence-electron chi connectivity index (χ0n) is 20.5. The van der Waals surface area contributed by atoms with Crippen molar-refractivity contribution in [1.29, 1.82) is 0 Å². The van der Waals surface area contributed by atoms with Gasteiger partial charge in [-0.2, -0.15) is 0 Å². The van der Waals surface area contributed by atoms with Crippen molar-refractivity contribution in [3.63, 3.8) is 0 Å². The van der Waals surface area contributed by atoms with E-state index in [9.17, 15) is 4.79 Å². The van der Waals surface area contributed by atoms with Crippen LogP contribution in [-0.2, 0) is 4.79 Å². The van der Waals surface area contributed by atoms with Crippen LogP contribution in [0.15, 0.2) is 108 Å². The summed E-state index contributed by atoms with van der Waals surface area (Å²) in [6, 6.07) is 28.0. The van der Waals surface area contributed by atoms with Gasteiger partial charge in [0.05, 0.1) is 18.9 Å². The van der Waals surface area contributed by atoms with Crippen molar-refractivity contribution in [3.8, 4) is 16.9 Å². The number of rotatable bonds is 5. The highest BCUT2D eigenvalue weighted by molar-refractivity contribution is 6.08.